The number of rotatable bonds is 8. The number of hydrogen-bond acceptors (Lipinski definition) is 3. The van der Waals surface area contributed by atoms with Gasteiger partial charge in [-0.25, -0.2) is 13.1 Å². The third kappa shape index (κ3) is 4.93. The van der Waals surface area contributed by atoms with Gasteiger partial charge in [0.1, 0.15) is 0 Å². The summed E-state index contributed by atoms with van der Waals surface area (Å²) in [5.74, 6) is 0. The normalized spacial score (nSPS) is 13.4. The van der Waals surface area contributed by atoms with E-state index in [0.717, 1.165) is 12.8 Å². The number of aliphatic hydroxyl groups excluding tert-OH is 1. The highest BCUT2D eigenvalue weighted by Gasteiger charge is 2.18. The molecule has 19 heavy (non-hydrogen) atoms. The van der Waals surface area contributed by atoms with Crippen LogP contribution in [0.3, 0.4) is 0 Å². The topological polar surface area (TPSA) is 66.4 Å². The van der Waals surface area contributed by atoms with Crippen molar-refractivity contribution in [1.82, 2.24) is 4.72 Å². The zero-order chi connectivity index (χ0) is 14.3. The third-order valence-corrected chi connectivity index (χ3v) is 4.44. The molecule has 0 aliphatic rings. The Labute approximate surface area is 115 Å². The van der Waals surface area contributed by atoms with Gasteiger partial charge in [0, 0.05) is 6.54 Å². The van der Waals surface area contributed by atoms with Gasteiger partial charge in [0.25, 0.3) is 0 Å². The van der Waals surface area contributed by atoms with Crippen molar-refractivity contribution in [3.63, 3.8) is 0 Å². The van der Waals surface area contributed by atoms with Crippen LogP contribution < -0.4 is 4.72 Å². The van der Waals surface area contributed by atoms with Crippen molar-refractivity contribution in [2.45, 2.75) is 50.5 Å². The molecule has 0 bridgehead atoms. The number of benzene rings is 1. The van der Waals surface area contributed by atoms with Gasteiger partial charge < -0.3 is 5.11 Å². The SMILES string of the molecule is CCCNS(=O)(=O)c1ccccc1CC(O)CCC. The highest BCUT2D eigenvalue weighted by atomic mass is 32.2. The largest absolute Gasteiger partial charge is 0.393 e. The van der Waals surface area contributed by atoms with Crippen LogP contribution in [0.15, 0.2) is 29.2 Å². The summed E-state index contributed by atoms with van der Waals surface area (Å²) in [5, 5.41) is 9.85. The minimum Gasteiger partial charge on any atom is -0.393 e. The number of nitrogens with one attached hydrogen (secondary N) is 1. The molecule has 0 aliphatic carbocycles. The van der Waals surface area contributed by atoms with Crippen molar-refractivity contribution in [1.29, 1.82) is 0 Å². The lowest BCUT2D eigenvalue weighted by Crippen LogP contribution is -2.26. The molecular weight excluding hydrogens is 262 g/mol. The van der Waals surface area contributed by atoms with E-state index in [4.69, 9.17) is 0 Å². The Hall–Kier alpha value is -0.910. The molecule has 0 aromatic heterocycles. The van der Waals surface area contributed by atoms with Crippen molar-refractivity contribution in [3.05, 3.63) is 29.8 Å². The van der Waals surface area contributed by atoms with Crippen LogP contribution in [0.5, 0.6) is 0 Å². The van der Waals surface area contributed by atoms with E-state index in [1.165, 1.54) is 0 Å². The maximum Gasteiger partial charge on any atom is 0.240 e. The van der Waals surface area contributed by atoms with Gasteiger partial charge in [0.15, 0.2) is 0 Å². The van der Waals surface area contributed by atoms with Crippen LogP contribution in [0, 0.1) is 0 Å². The molecule has 1 rings (SSSR count). The Bertz CT molecular complexity index is 485. The van der Waals surface area contributed by atoms with Crippen LogP contribution in [0.25, 0.3) is 0 Å². The van der Waals surface area contributed by atoms with Gasteiger partial charge in [-0.3, -0.25) is 0 Å². The van der Waals surface area contributed by atoms with E-state index in [2.05, 4.69) is 4.72 Å². The van der Waals surface area contributed by atoms with E-state index in [1.807, 2.05) is 13.8 Å². The maximum atomic E-state index is 12.2. The van der Waals surface area contributed by atoms with Gasteiger partial charge >= 0.3 is 0 Å². The Morgan fingerprint density at radius 2 is 1.89 bits per heavy atom. The predicted molar refractivity (Wildman–Crippen MR) is 76.5 cm³/mol. The molecular formula is C14H23NO3S. The summed E-state index contributed by atoms with van der Waals surface area (Å²) in [6.45, 7) is 4.34. The molecule has 1 aromatic rings. The van der Waals surface area contributed by atoms with E-state index in [-0.39, 0.29) is 4.90 Å². The predicted octanol–water partition coefficient (Wildman–Crippen LogP) is 2.08. The molecule has 1 unspecified atom stereocenters. The molecule has 0 saturated carbocycles. The van der Waals surface area contributed by atoms with Gasteiger partial charge in [0.2, 0.25) is 10.0 Å². The average Bonchev–Trinajstić information content (AvgIpc) is 2.37. The van der Waals surface area contributed by atoms with Gasteiger partial charge in [-0.1, -0.05) is 38.5 Å². The summed E-state index contributed by atoms with van der Waals surface area (Å²) in [6.07, 6.45) is 2.19. The van der Waals surface area contributed by atoms with Crippen LogP contribution in [0.1, 0.15) is 38.7 Å². The maximum absolute atomic E-state index is 12.2. The molecule has 0 amide bonds. The fourth-order valence-corrected chi connectivity index (χ4v) is 3.32. The zero-order valence-electron chi connectivity index (χ0n) is 11.6. The smallest absolute Gasteiger partial charge is 0.240 e. The quantitative estimate of drug-likeness (QED) is 0.768. The molecule has 1 atom stereocenters. The second-order valence-corrected chi connectivity index (χ2v) is 6.39. The van der Waals surface area contributed by atoms with E-state index >= 15 is 0 Å². The van der Waals surface area contributed by atoms with Crippen molar-refractivity contribution >= 4 is 10.0 Å². The summed E-state index contributed by atoms with van der Waals surface area (Å²) in [6, 6.07) is 6.86. The molecule has 2 N–H and O–H groups in total. The number of sulfonamides is 1. The number of hydrogen-bond donors (Lipinski definition) is 2. The summed E-state index contributed by atoms with van der Waals surface area (Å²) in [5.41, 5.74) is 0.673. The first-order valence-corrected chi connectivity index (χ1v) is 8.25. The summed E-state index contributed by atoms with van der Waals surface area (Å²) in [4.78, 5) is 0.276. The van der Waals surface area contributed by atoms with Gasteiger partial charge in [-0.15, -0.1) is 0 Å². The van der Waals surface area contributed by atoms with Crippen molar-refractivity contribution in [2.24, 2.45) is 0 Å². The molecule has 0 saturated heterocycles. The molecule has 0 fully saturated rings. The van der Waals surface area contributed by atoms with Crippen LogP contribution in [-0.4, -0.2) is 26.2 Å². The molecule has 1 aromatic carbocycles. The summed E-state index contributed by atoms with van der Waals surface area (Å²) >= 11 is 0. The van der Waals surface area contributed by atoms with E-state index in [1.54, 1.807) is 24.3 Å². The second-order valence-electron chi connectivity index (χ2n) is 4.65. The van der Waals surface area contributed by atoms with Gasteiger partial charge in [-0.05, 0) is 30.9 Å². The Morgan fingerprint density at radius 3 is 2.53 bits per heavy atom. The molecule has 0 radical (unpaired) electrons. The van der Waals surface area contributed by atoms with Crippen molar-refractivity contribution in [2.75, 3.05) is 6.54 Å². The first kappa shape index (κ1) is 16.1. The molecule has 0 spiro atoms. The highest BCUT2D eigenvalue weighted by molar-refractivity contribution is 7.89. The van der Waals surface area contributed by atoms with Crippen LogP contribution in [0.2, 0.25) is 0 Å². The van der Waals surface area contributed by atoms with Gasteiger partial charge in [0.05, 0.1) is 11.0 Å². The Balaban J connectivity index is 2.95. The zero-order valence-corrected chi connectivity index (χ0v) is 12.4. The van der Waals surface area contributed by atoms with Crippen LogP contribution in [-0.2, 0) is 16.4 Å². The molecule has 0 heterocycles. The van der Waals surface area contributed by atoms with Crippen LogP contribution in [0.4, 0.5) is 0 Å². The van der Waals surface area contributed by atoms with Crippen molar-refractivity contribution < 1.29 is 13.5 Å². The Morgan fingerprint density at radius 1 is 1.21 bits per heavy atom. The van der Waals surface area contributed by atoms with Crippen LogP contribution >= 0.6 is 0 Å². The van der Waals surface area contributed by atoms with E-state index in [9.17, 15) is 13.5 Å². The molecule has 0 aliphatic heterocycles. The number of aliphatic hydroxyl groups is 1. The van der Waals surface area contributed by atoms with E-state index in [0.29, 0.717) is 24.9 Å². The standard InChI is InChI=1S/C14H23NO3S/c1-3-7-13(16)11-12-8-5-6-9-14(12)19(17,18)15-10-4-2/h5-6,8-9,13,15-16H,3-4,7,10-11H2,1-2H3. The molecule has 4 nitrogen and oxygen atoms in total. The lowest BCUT2D eigenvalue weighted by atomic mass is 10.0. The fraction of sp³-hybridized carbons (Fsp3) is 0.571. The van der Waals surface area contributed by atoms with Gasteiger partial charge in [-0.2, -0.15) is 0 Å². The van der Waals surface area contributed by atoms with E-state index < -0.39 is 16.1 Å². The summed E-state index contributed by atoms with van der Waals surface area (Å²) in [7, 11) is -3.47. The monoisotopic (exact) mass is 285 g/mol. The lowest BCUT2D eigenvalue weighted by molar-refractivity contribution is 0.163. The average molecular weight is 285 g/mol. The molecule has 5 heteroatoms. The highest BCUT2D eigenvalue weighted by Crippen LogP contribution is 2.18. The first-order valence-electron chi connectivity index (χ1n) is 6.76. The fourth-order valence-electron chi connectivity index (χ4n) is 1.94. The third-order valence-electron chi connectivity index (χ3n) is 2.88. The second kappa shape index (κ2) is 7.62. The minimum atomic E-state index is -3.47. The van der Waals surface area contributed by atoms with Crippen molar-refractivity contribution in [3.8, 4) is 0 Å². The Kier molecular flexibility index (Phi) is 6.48. The summed E-state index contributed by atoms with van der Waals surface area (Å²) < 4.78 is 26.9. The first-order chi connectivity index (χ1) is 9.01. The minimum absolute atomic E-state index is 0.276. The lowest BCUT2D eigenvalue weighted by Gasteiger charge is -2.14. The molecule has 108 valence electrons.